The number of hydrogen-bond donors (Lipinski definition) is 1. The number of aromatic nitrogens is 3. The number of benzene rings is 1. The smallest absolute Gasteiger partial charge is 0.230 e. The molecule has 160 valence electrons. The highest BCUT2D eigenvalue weighted by Gasteiger charge is 2.21. The molecule has 0 saturated carbocycles. The van der Waals surface area contributed by atoms with Crippen molar-refractivity contribution in [2.75, 3.05) is 0 Å². The molecule has 1 aromatic heterocycles. The molecular formula is C23H36N4OS. The zero-order chi connectivity index (χ0) is 21.6. The van der Waals surface area contributed by atoms with Gasteiger partial charge in [0.2, 0.25) is 5.91 Å². The third-order valence-corrected chi connectivity index (χ3v) is 6.30. The van der Waals surface area contributed by atoms with Crippen molar-refractivity contribution in [2.45, 2.75) is 89.6 Å². The lowest BCUT2D eigenvalue weighted by molar-refractivity contribution is -0.117. The highest BCUT2D eigenvalue weighted by Crippen LogP contribution is 2.30. The van der Waals surface area contributed by atoms with Gasteiger partial charge in [-0.05, 0) is 30.2 Å². The predicted octanol–water partition coefficient (Wildman–Crippen LogP) is 5.42. The second-order valence-electron chi connectivity index (χ2n) is 9.01. The molecule has 1 heterocycles. The van der Waals surface area contributed by atoms with Crippen molar-refractivity contribution in [1.82, 2.24) is 14.8 Å². The molecule has 0 aliphatic rings. The highest BCUT2D eigenvalue weighted by atomic mass is 32.2. The van der Waals surface area contributed by atoms with Gasteiger partial charge in [-0.2, -0.15) is 0 Å². The largest absolute Gasteiger partial charge is 0.369 e. The minimum absolute atomic E-state index is 0.109. The van der Waals surface area contributed by atoms with Gasteiger partial charge in [0.15, 0.2) is 11.0 Å². The number of amides is 1. The van der Waals surface area contributed by atoms with E-state index in [0.717, 1.165) is 23.1 Å². The zero-order valence-electron chi connectivity index (χ0n) is 18.7. The summed E-state index contributed by atoms with van der Waals surface area (Å²) < 4.78 is 2.16. The summed E-state index contributed by atoms with van der Waals surface area (Å²) in [5, 5.41) is 9.30. The number of nitrogens with two attached hydrogens (primary N) is 1. The Morgan fingerprint density at radius 1 is 1.14 bits per heavy atom. The van der Waals surface area contributed by atoms with Crippen LogP contribution < -0.4 is 5.73 Å². The van der Waals surface area contributed by atoms with E-state index in [1.54, 1.807) is 0 Å². The molecule has 2 N–H and O–H groups in total. The van der Waals surface area contributed by atoms with Crippen molar-refractivity contribution in [3.8, 4) is 11.4 Å². The van der Waals surface area contributed by atoms with Crippen LogP contribution in [0.15, 0.2) is 29.4 Å². The fourth-order valence-corrected chi connectivity index (χ4v) is 4.04. The molecule has 1 aromatic carbocycles. The van der Waals surface area contributed by atoms with E-state index >= 15 is 0 Å². The van der Waals surface area contributed by atoms with E-state index in [4.69, 9.17) is 5.73 Å². The van der Waals surface area contributed by atoms with Crippen molar-refractivity contribution >= 4 is 17.7 Å². The van der Waals surface area contributed by atoms with Crippen LogP contribution in [0.1, 0.15) is 72.8 Å². The van der Waals surface area contributed by atoms with E-state index in [2.05, 4.69) is 73.6 Å². The van der Waals surface area contributed by atoms with Crippen LogP contribution in [0, 0.1) is 5.92 Å². The molecule has 0 aliphatic heterocycles. The zero-order valence-corrected chi connectivity index (χ0v) is 19.6. The van der Waals surface area contributed by atoms with Gasteiger partial charge in [0, 0.05) is 12.1 Å². The number of primary amides is 1. The van der Waals surface area contributed by atoms with Gasteiger partial charge in [-0.25, -0.2) is 0 Å². The Morgan fingerprint density at radius 3 is 2.34 bits per heavy atom. The van der Waals surface area contributed by atoms with E-state index in [1.165, 1.54) is 43.0 Å². The SMILES string of the molecule is CCCCC[C@H](C)Cn1c(S[C@@H](C)C(N)=O)nnc1-c1ccc(C(C)(C)C)cc1. The van der Waals surface area contributed by atoms with Gasteiger partial charge >= 0.3 is 0 Å². The average molecular weight is 417 g/mol. The number of rotatable bonds is 10. The first-order valence-electron chi connectivity index (χ1n) is 10.6. The number of unbranched alkanes of at least 4 members (excludes halogenated alkanes) is 2. The van der Waals surface area contributed by atoms with E-state index in [9.17, 15) is 4.79 Å². The van der Waals surface area contributed by atoms with Crippen LogP contribution in [-0.2, 0) is 16.8 Å². The molecule has 0 bridgehead atoms. The molecular weight excluding hydrogens is 380 g/mol. The quantitative estimate of drug-likeness (QED) is 0.414. The van der Waals surface area contributed by atoms with E-state index < -0.39 is 0 Å². The van der Waals surface area contributed by atoms with Gasteiger partial charge in [0.25, 0.3) is 0 Å². The Labute approximate surface area is 179 Å². The number of carbonyl (C=O) groups is 1. The molecule has 5 nitrogen and oxygen atoms in total. The maximum absolute atomic E-state index is 11.6. The van der Waals surface area contributed by atoms with Gasteiger partial charge in [-0.15, -0.1) is 10.2 Å². The first-order valence-corrected chi connectivity index (χ1v) is 11.5. The van der Waals surface area contributed by atoms with E-state index in [1.807, 2.05) is 6.92 Å². The summed E-state index contributed by atoms with van der Waals surface area (Å²) in [6.07, 6.45) is 4.88. The second kappa shape index (κ2) is 10.3. The monoisotopic (exact) mass is 416 g/mol. The van der Waals surface area contributed by atoms with Gasteiger partial charge in [-0.1, -0.05) is 89.9 Å². The Hall–Kier alpha value is -1.82. The van der Waals surface area contributed by atoms with Gasteiger partial charge in [-0.3, -0.25) is 4.79 Å². The Bertz CT molecular complexity index is 792. The summed E-state index contributed by atoms with van der Waals surface area (Å²) in [7, 11) is 0. The second-order valence-corrected chi connectivity index (χ2v) is 10.3. The van der Waals surface area contributed by atoms with Crippen molar-refractivity contribution < 1.29 is 4.79 Å². The van der Waals surface area contributed by atoms with Gasteiger partial charge in [0.1, 0.15) is 0 Å². The summed E-state index contributed by atoms with van der Waals surface area (Å²) in [6.45, 7) is 13.8. The number of carbonyl (C=O) groups excluding carboxylic acids is 1. The molecule has 29 heavy (non-hydrogen) atoms. The summed E-state index contributed by atoms with van der Waals surface area (Å²) in [5.74, 6) is 1.02. The van der Waals surface area contributed by atoms with Crippen molar-refractivity contribution in [2.24, 2.45) is 11.7 Å². The molecule has 6 heteroatoms. The Kier molecular flexibility index (Phi) is 8.32. The van der Waals surface area contributed by atoms with Crippen molar-refractivity contribution in [3.63, 3.8) is 0 Å². The fraction of sp³-hybridized carbons (Fsp3) is 0.609. The van der Waals surface area contributed by atoms with Gasteiger partial charge < -0.3 is 10.3 Å². The van der Waals surface area contributed by atoms with E-state index in [0.29, 0.717) is 5.92 Å². The predicted molar refractivity (Wildman–Crippen MR) is 122 cm³/mol. The van der Waals surface area contributed by atoms with Crippen LogP contribution in [0.2, 0.25) is 0 Å². The topological polar surface area (TPSA) is 73.8 Å². The summed E-state index contributed by atoms with van der Waals surface area (Å²) in [5.41, 5.74) is 7.92. The molecule has 0 fully saturated rings. The number of hydrogen-bond acceptors (Lipinski definition) is 4. The molecule has 0 radical (unpaired) electrons. The third-order valence-electron chi connectivity index (χ3n) is 5.20. The molecule has 2 atom stereocenters. The average Bonchev–Trinajstić information content (AvgIpc) is 3.03. The highest BCUT2D eigenvalue weighted by molar-refractivity contribution is 8.00. The van der Waals surface area contributed by atoms with Crippen LogP contribution in [-0.4, -0.2) is 25.9 Å². The summed E-state index contributed by atoms with van der Waals surface area (Å²) >= 11 is 1.39. The Morgan fingerprint density at radius 2 is 1.79 bits per heavy atom. The Balaban J connectivity index is 2.33. The van der Waals surface area contributed by atoms with Crippen LogP contribution in [0.5, 0.6) is 0 Å². The lowest BCUT2D eigenvalue weighted by Crippen LogP contribution is -2.23. The van der Waals surface area contributed by atoms with Crippen LogP contribution in [0.4, 0.5) is 0 Å². The van der Waals surface area contributed by atoms with Crippen molar-refractivity contribution in [1.29, 1.82) is 0 Å². The van der Waals surface area contributed by atoms with Gasteiger partial charge in [0.05, 0.1) is 5.25 Å². The van der Waals surface area contributed by atoms with E-state index in [-0.39, 0.29) is 16.6 Å². The molecule has 0 aliphatic carbocycles. The minimum Gasteiger partial charge on any atom is -0.369 e. The van der Waals surface area contributed by atoms with Crippen LogP contribution in [0.25, 0.3) is 11.4 Å². The standard InChI is InChI=1S/C23H36N4OS/c1-7-8-9-10-16(2)15-27-21(25-26-22(27)29-17(3)20(24)28)18-11-13-19(14-12-18)23(4,5)6/h11-14,16-17H,7-10,15H2,1-6H3,(H2,24,28)/t16-,17-/m0/s1. The first-order chi connectivity index (χ1) is 13.6. The maximum atomic E-state index is 11.6. The van der Waals surface area contributed by atoms with Crippen LogP contribution >= 0.6 is 11.8 Å². The summed E-state index contributed by atoms with van der Waals surface area (Å²) in [4.78, 5) is 11.6. The summed E-state index contributed by atoms with van der Waals surface area (Å²) in [6, 6.07) is 8.57. The van der Waals surface area contributed by atoms with Crippen LogP contribution in [0.3, 0.4) is 0 Å². The minimum atomic E-state index is -0.343. The molecule has 0 unspecified atom stereocenters. The van der Waals surface area contributed by atoms with Crippen molar-refractivity contribution in [3.05, 3.63) is 29.8 Å². The lowest BCUT2D eigenvalue weighted by Gasteiger charge is -2.20. The molecule has 2 rings (SSSR count). The molecule has 1 amide bonds. The molecule has 0 spiro atoms. The molecule has 2 aromatic rings. The number of thioether (sulfide) groups is 1. The normalized spacial score (nSPS) is 14.0. The molecule has 0 saturated heterocycles. The number of nitrogens with zero attached hydrogens (tertiary/aromatic N) is 3. The lowest BCUT2D eigenvalue weighted by atomic mass is 9.86. The fourth-order valence-electron chi connectivity index (χ4n) is 3.24. The first kappa shape index (κ1) is 23.5. The maximum Gasteiger partial charge on any atom is 0.230 e. The third kappa shape index (κ3) is 6.59.